The fraction of sp³-hybridized carbons (Fsp3) is 0.533. The summed E-state index contributed by atoms with van der Waals surface area (Å²) >= 11 is 8.70. The molecule has 2 fully saturated rings. The van der Waals surface area contributed by atoms with Crippen molar-refractivity contribution in [3.05, 3.63) is 48.2 Å². The molecule has 0 spiro atoms. The Kier molecular flexibility index (Phi) is 8.65. The summed E-state index contributed by atoms with van der Waals surface area (Å²) in [5, 5.41) is 7.28. The number of carbonyl (C=O) groups is 1. The minimum atomic E-state index is -4.33. The third-order valence-corrected chi connectivity index (χ3v) is 10.8. The van der Waals surface area contributed by atoms with Crippen molar-refractivity contribution in [3.8, 4) is 11.7 Å². The lowest BCUT2D eigenvalue weighted by atomic mass is 9.93. The number of thiol groups is 2. The van der Waals surface area contributed by atoms with Crippen molar-refractivity contribution in [2.45, 2.75) is 73.2 Å². The first-order valence-corrected chi connectivity index (χ1v) is 17.6. The number of rotatable bonds is 6. The molecule has 0 radical (unpaired) electrons. The van der Waals surface area contributed by atoms with Crippen molar-refractivity contribution in [2.75, 3.05) is 29.9 Å². The first kappa shape index (κ1) is 33.7. The van der Waals surface area contributed by atoms with Crippen molar-refractivity contribution in [2.24, 2.45) is 11.3 Å². The van der Waals surface area contributed by atoms with Gasteiger partial charge >= 0.3 is 6.18 Å². The standard InChI is InChI=1S/C30H36F3N7O4S3/c1-27(2)15-19-5-4-13-34-21-6-3-7-24(35-21)47(42,43)38-26(41)20-8-9-22(36-25(20)39(27)16-19)40-14-10-23(37-40)44-18-29(45,46)17-28(11-12-28)30(31,32)33/h3,6-10,14,19,45-46H,4-5,11-13,15-18H2,1-2H3,(H,34,35)(H,38,41)/t19-/m0/s1. The van der Waals surface area contributed by atoms with Gasteiger partial charge in [-0.25, -0.2) is 19.4 Å². The van der Waals surface area contributed by atoms with E-state index in [2.05, 4.69) is 59.2 Å². The van der Waals surface area contributed by atoms with E-state index in [1.54, 1.807) is 18.3 Å². The molecule has 6 rings (SSSR count). The molecular formula is C30H36F3N7O4S3. The third-order valence-electron chi connectivity index (χ3n) is 8.97. The third kappa shape index (κ3) is 7.16. The normalized spacial score (nSPS) is 21.9. The number of sulfonamides is 1. The van der Waals surface area contributed by atoms with Gasteiger partial charge in [0, 0.05) is 30.9 Å². The highest BCUT2D eigenvalue weighted by atomic mass is 32.2. The van der Waals surface area contributed by atoms with Crippen molar-refractivity contribution in [3.63, 3.8) is 0 Å². The second-order valence-electron chi connectivity index (χ2n) is 13.2. The van der Waals surface area contributed by atoms with Crippen molar-refractivity contribution in [1.29, 1.82) is 0 Å². The Morgan fingerprint density at radius 2 is 1.87 bits per heavy atom. The average Bonchev–Trinajstić information content (AvgIpc) is 3.49. The highest BCUT2D eigenvalue weighted by Gasteiger charge is 2.64. The molecule has 1 saturated heterocycles. The first-order chi connectivity index (χ1) is 22.0. The van der Waals surface area contributed by atoms with Gasteiger partial charge in [0.25, 0.3) is 15.9 Å². The maximum Gasteiger partial charge on any atom is 0.394 e. The molecule has 2 N–H and O–H groups in total. The van der Waals surface area contributed by atoms with Gasteiger partial charge in [0.05, 0.1) is 15.1 Å². The number of amides is 1. The molecule has 1 saturated carbocycles. The molecule has 4 bridgehead atoms. The smallest absolute Gasteiger partial charge is 0.394 e. The highest BCUT2D eigenvalue weighted by molar-refractivity contribution is 8.00. The number of ether oxygens (including phenoxy) is 1. The molecule has 3 aliphatic rings. The molecule has 1 amide bonds. The van der Waals surface area contributed by atoms with Crippen LogP contribution in [0.4, 0.5) is 24.8 Å². The number of aromatic nitrogens is 4. The Morgan fingerprint density at radius 3 is 2.60 bits per heavy atom. The molecule has 2 aliphatic heterocycles. The van der Waals surface area contributed by atoms with Crippen LogP contribution in [0.3, 0.4) is 0 Å². The zero-order chi connectivity index (χ0) is 33.8. The maximum atomic E-state index is 13.6. The molecule has 1 atom stereocenters. The number of anilines is 2. The fourth-order valence-electron chi connectivity index (χ4n) is 6.41. The molecule has 254 valence electrons. The van der Waals surface area contributed by atoms with E-state index in [1.807, 2.05) is 4.90 Å². The zero-order valence-corrected chi connectivity index (χ0v) is 28.4. The summed E-state index contributed by atoms with van der Waals surface area (Å²) in [6.45, 7) is 5.09. The predicted molar refractivity (Wildman–Crippen MR) is 176 cm³/mol. The summed E-state index contributed by atoms with van der Waals surface area (Å²) in [4.78, 5) is 24.6. The van der Waals surface area contributed by atoms with E-state index in [4.69, 9.17) is 9.72 Å². The van der Waals surface area contributed by atoms with Crippen LogP contribution in [0.15, 0.2) is 47.6 Å². The Hall–Kier alpha value is -3.18. The Morgan fingerprint density at radius 1 is 1.11 bits per heavy atom. The maximum absolute atomic E-state index is 13.6. The van der Waals surface area contributed by atoms with Gasteiger partial charge in [-0.2, -0.15) is 46.8 Å². The summed E-state index contributed by atoms with van der Waals surface area (Å²) in [6.07, 6.45) is -0.426. The van der Waals surface area contributed by atoms with E-state index in [-0.39, 0.29) is 42.3 Å². The van der Waals surface area contributed by atoms with E-state index in [9.17, 15) is 26.4 Å². The Labute approximate surface area is 281 Å². The van der Waals surface area contributed by atoms with Crippen LogP contribution in [0, 0.1) is 11.3 Å². The summed E-state index contributed by atoms with van der Waals surface area (Å²) in [5.74, 6) is 0.579. The number of hydrogen-bond acceptors (Lipinski definition) is 11. The van der Waals surface area contributed by atoms with E-state index in [0.29, 0.717) is 36.5 Å². The fourth-order valence-corrected chi connectivity index (χ4v) is 8.08. The van der Waals surface area contributed by atoms with Crippen LogP contribution in [0.1, 0.15) is 62.7 Å². The number of halogens is 3. The Bertz CT molecular complexity index is 1780. The number of nitrogens with zero attached hydrogens (tertiary/aromatic N) is 5. The Balaban J connectivity index is 1.28. The first-order valence-electron chi connectivity index (χ1n) is 15.2. The van der Waals surface area contributed by atoms with Gasteiger partial charge in [0.1, 0.15) is 18.2 Å². The topological polar surface area (TPSA) is 131 Å². The average molecular weight is 712 g/mol. The monoisotopic (exact) mass is 711 g/mol. The van der Waals surface area contributed by atoms with Crippen LogP contribution in [0.25, 0.3) is 5.82 Å². The SMILES string of the molecule is CC1(C)C[C@@H]2CCCNc3cccc(n3)S(=O)(=O)NC(=O)c3ccc(-n4ccc(OCC(S)(S)CC5(C(F)(F)F)CC5)n4)nc3N1C2. The lowest BCUT2D eigenvalue weighted by Crippen LogP contribution is -2.41. The number of fused-ring (bicyclic) bond motifs is 6. The van der Waals surface area contributed by atoms with Gasteiger partial charge in [-0.15, -0.1) is 5.10 Å². The molecule has 0 aromatic carbocycles. The minimum absolute atomic E-state index is 0.0395. The molecular weight excluding hydrogens is 676 g/mol. The van der Waals surface area contributed by atoms with E-state index >= 15 is 0 Å². The molecule has 3 aromatic rings. The predicted octanol–water partition coefficient (Wildman–Crippen LogP) is 5.26. The second kappa shape index (κ2) is 12.1. The van der Waals surface area contributed by atoms with Crippen LogP contribution in [-0.4, -0.2) is 69.6 Å². The van der Waals surface area contributed by atoms with E-state index < -0.39 is 37.1 Å². The zero-order valence-electron chi connectivity index (χ0n) is 25.8. The summed E-state index contributed by atoms with van der Waals surface area (Å²) < 4.78 is 74.8. The molecule has 3 aromatic heterocycles. The molecule has 1 aliphatic carbocycles. The van der Waals surface area contributed by atoms with Crippen molar-refractivity contribution in [1.82, 2.24) is 24.5 Å². The van der Waals surface area contributed by atoms with Crippen LogP contribution in [0.2, 0.25) is 0 Å². The molecule has 0 unspecified atom stereocenters. The molecule has 17 heteroatoms. The van der Waals surface area contributed by atoms with E-state index in [0.717, 1.165) is 19.3 Å². The largest absolute Gasteiger partial charge is 0.474 e. The minimum Gasteiger partial charge on any atom is -0.474 e. The lowest BCUT2D eigenvalue weighted by molar-refractivity contribution is -0.189. The number of carbonyl (C=O) groups excluding carboxylic acids is 1. The van der Waals surface area contributed by atoms with Crippen LogP contribution in [0.5, 0.6) is 5.88 Å². The summed E-state index contributed by atoms with van der Waals surface area (Å²) in [7, 11) is -4.31. The van der Waals surface area contributed by atoms with Crippen LogP contribution in [-0.2, 0) is 10.0 Å². The number of hydrogen-bond donors (Lipinski definition) is 4. The van der Waals surface area contributed by atoms with Gasteiger partial charge in [-0.3, -0.25) is 4.79 Å². The van der Waals surface area contributed by atoms with Gasteiger partial charge in [-0.1, -0.05) is 6.07 Å². The van der Waals surface area contributed by atoms with Gasteiger partial charge < -0.3 is 15.0 Å². The second-order valence-corrected chi connectivity index (χ2v) is 16.9. The number of nitrogens with one attached hydrogen (secondary N) is 2. The lowest BCUT2D eigenvalue weighted by Gasteiger charge is -2.34. The molecule has 11 nitrogen and oxygen atoms in total. The van der Waals surface area contributed by atoms with Crippen molar-refractivity contribution < 1.29 is 31.1 Å². The van der Waals surface area contributed by atoms with Gasteiger partial charge in [0.15, 0.2) is 10.8 Å². The highest BCUT2D eigenvalue weighted by Crippen LogP contribution is 2.62. The van der Waals surface area contributed by atoms with Crippen molar-refractivity contribution >= 4 is 52.8 Å². The quantitative estimate of drug-likeness (QED) is 0.200. The van der Waals surface area contributed by atoms with Gasteiger partial charge in [0.2, 0.25) is 5.88 Å². The van der Waals surface area contributed by atoms with E-state index in [1.165, 1.54) is 28.9 Å². The summed E-state index contributed by atoms with van der Waals surface area (Å²) in [6, 6.07) is 9.12. The molecule has 5 heterocycles. The van der Waals surface area contributed by atoms with Crippen LogP contribution < -0.4 is 19.7 Å². The summed E-state index contributed by atoms with van der Waals surface area (Å²) in [5.41, 5.74) is -2.13. The molecule has 47 heavy (non-hydrogen) atoms. The van der Waals surface area contributed by atoms with Gasteiger partial charge in [-0.05, 0) is 82.6 Å². The van der Waals surface area contributed by atoms with Crippen LogP contribution >= 0.6 is 25.3 Å². The number of pyridine rings is 2. The number of alkyl halides is 3.